The molecule has 0 unspecified atom stereocenters. The summed E-state index contributed by atoms with van der Waals surface area (Å²) in [4.78, 5) is 88.0. The monoisotopic (exact) mass is 598 g/mol. The minimum Gasteiger partial charge on any atom is -0.467 e. The number of nitrogens with two attached hydrogens (primary N) is 1. The summed E-state index contributed by atoms with van der Waals surface area (Å²) in [6, 6.07) is -3.41. The van der Waals surface area contributed by atoms with Crippen molar-refractivity contribution in [2.45, 2.75) is 117 Å². The van der Waals surface area contributed by atoms with Crippen molar-refractivity contribution in [3.05, 3.63) is 0 Å². The first-order valence-corrected chi connectivity index (χ1v) is 14.1. The third-order valence-corrected chi connectivity index (χ3v) is 6.62. The molecule has 0 aromatic carbocycles. The lowest BCUT2D eigenvalue weighted by Crippen LogP contribution is -2.62. The van der Waals surface area contributed by atoms with Gasteiger partial charge in [-0.05, 0) is 52.4 Å². The van der Waals surface area contributed by atoms with Crippen molar-refractivity contribution in [3.63, 3.8) is 0 Å². The minimum absolute atomic E-state index is 0.0145. The van der Waals surface area contributed by atoms with Gasteiger partial charge in [-0.1, -0.05) is 34.1 Å². The summed E-state index contributed by atoms with van der Waals surface area (Å²) in [6.45, 7) is 14.4. The van der Waals surface area contributed by atoms with E-state index in [1.165, 1.54) is 41.7 Å². The third-order valence-electron chi connectivity index (χ3n) is 6.62. The van der Waals surface area contributed by atoms with Crippen molar-refractivity contribution in [1.82, 2.24) is 26.6 Å². The van der Waals surface area contributed by atoms with Crippen LogP contribution in [0.25, 0.3) is 0 Å². The molecule has 0 aliphatic carbocycles. The molecule has 4 atom stereocenters. The van der Waals surface area contributed by atoms with Crippen LogP contribution in [0, 0.1) is 11.8 Å². The molecule has 0 aliphatic heterocycles. The molecule has 0 heterocycles. The smallest absolute Gasteiger partial charge is 0.330 e. The van der Waals surface area contributed by atoms with Gasteiger partial charge in [0.15, 0.2) is 0 Å². The number of amides is 6. The minimum atomic E-state index is -1.38. The molecular formula is C28H50N6O8. The number of esters is 1. The Labute approximate surface area is 248 Å². The first kappa shape index (κ1) is 38.3. The van der Waals surface area contributed by atoms with Crippen LogP contribution in [0.4, 0.5) is 0 Å². The largest absolute Gasteiger partial charge is 0.467 e. The van der Waals surface area contributed by atoms with E-state index in [4.69, 9.17) is 10.5 Å². The van der Waals surface area contributed by atoms with E-state index in [9.17, 15) is 33.6 Å². The Morgan fingerprint density at radius 1 is 0.786 bits per heavy atom. The number of nitrogens with one attached hydrogen (secondary N) is 5. The summed E-state index contributed by atoms with van der Waals surface area (Å²) in [7, 11) is 1.20. The molecule has 0 aromatic heterocycles. The van der Waals surface area contributed by atoms with Crippen LogP contribution in [0.2, 0.25) is 0 Å². The van der Waals surface area contributed by atoms with Crippen molar-refractivity contribution < 1.29 is 38.3 Å². The second-order valence-electron chi connectivity index (χ2n) is 12.0. The van der Waals surface area contributed by atoms with Crippen molar-refractivity contribution in [2.24, 2.45) is 17.6 Å². The summed E-state index contributed by atoms with van der Waals surface area (Å²) >= 11 is 0. The maximum atomic E-state index is 13.5. The maximum Gasteiger partial charge on any atom is 0.330 e. The lowest BCUT2D eigenvalue weighted by molar-refractivity contribution is -0.149. The summed E-state index contributed by atoms with van der Waals surface area (Å²) < 4.78 is 4.74. The Morgan fingerprint density at radius 2 is 1.36 bits per heavy atom. The van der Waals surface area contributed by atoms with Gasteiger partial charge in [0.1, 0.15) is 29.2 Å². The molecule has 0 radical (unpaired) electrons. The molecule has 0 fully saturated rings. The van der Waals surface area contributed by atoms with Gasteiger partial charge in [0.25, 0.3) is 0 Å². The molecule has 0 spiro atoms. The average molecular weight is 599 g/mol. The zero-order valence-corrected chi connectivity index (χ0v) is 26.6. The Balaban J connectivity index is 6.06. The second kappa shape index (κ2) is 16.7. The van der Waals surface area contributed by atoms with Gasteiger partial charge >= 0.3 is 5.97 Å². The van der Waals surface area contributed by atoms with Crippen LogP contribution in [0.5, 0.6) is 0 Å². The van der Waals surface area contributed by atoms with Gasteiger partial charge in [0.05, 0.1) is 7.11 Å². The van der Waals surface area contributed by atoms with Gasteiger partial charge < -0.3 is 37.1 Å². The van der Waals surface area contributed by atoms with E-state index in [1.807, 2.05) is 20.8 Å². The number of carbonyl (C=O) groups is 7. The first-order valence-electron chi connectivity index (χ1n) is 14.1. The van der Waals surface area contributed by atoms with Crippen LogP contribution in [0.15, 0.2) is 0 Å². The molecule has 7 N–H and O–H groups in total. The molecule has 42 heavy (non-hydrogen) atoms. The highest BCUT2D eigenvalue weighted by molar-refractivity contribution is 5.97. The summed E-state index contributed by atoms with van der Waals surface area (Å²) in [6.07, 6.45) is 0.332. The van der Waals surface area contributed by atoms with Crippen molar-refractivity contribution in [1.29, 1.82) is 0 Å². The average Bonchev–Trinajstić information content (AvgIpc) is 2.86. The second-order valence-corrected chi connectivity index (χ2v) is 12.0. The molecule has 0 rings (SSSR count). The maximum absolute atomic E-state index is 13.5. The van der Waals surface area contributed by atoms with E-state index in [0.29, 0.717) is 6.42 Å². The highest BCUT2D eigenvalue weighted by Gasteiger charge is 2.37. The number of primary amides is 1. The van der Waals surface area contributed by atoms with Gasteiger partial charge in [-0.25, -0.2) is 4.79 Å². The molecule has 14 heteroatoms. The molecule has 0 aliphatic rings. The van der Waals surface area contributed by atoms with Crippen molar-refractivity contribution in [2.75, 3.05) is 7.11 Å². The van der Waals surface area contributed by atoms with Crippen LogP contribution in [-0.2, 0) is 38.3 Å². The van der Waals surface area contributed by atoms with Crippen molar-refractivity contribution in [3.8, 4) is 0 Å². The highest BCUT2D eigenvalue weighted by atomic mass is 16.5. The fourth-order valence-electron chi connectivity index (χ4n) is 4.01. The zero-order valence-electron chi connectivity index (χ0n) is 26.6. The molecule has 0 bridgehead atoms. The van der Waals surface area contributed by atoms with E-state index in [2.05, 4.69) is 26.6 Å². The standard InChI is InChI=1S/C28H50N6O8/c1-11-16(4)21(24(39)30-19(14-15(2)3)23(38)34-28(8,9)26(41)42-10)32-22(37)18(12-13-20(29)36)31-25(40)27(6,7)33-17(5)35/h15-16,18-19,21H,11-14H2,1-10H3,(H2,29,36)(H,30,39)(H,31,40)(H,32,37)(H,33,35)(H,34,38)/t16-,18-,19-,21-/m0/s1. The number of carbonyl (C=O) groups excluding carboxylic acids is 7. The predicted octanol–water partition coefficient (Wildman–Crippen LogP) is -0.219. The van der Waals surface area contributed by atoms with Gasteiger partial charge in [0.2, 0.25) is 35.4 Å². The van der Waals surface area contributed by atoms with E-state index in [-0.39, 0.29) is 25.2 Å². The van der Waals surface area contributed by atoms with E-state index >= 15 is 0 Å². The predicted molar refractivity (Wildman–Crippen MR) is 155 cm³/mol. The molecule has 6 amide bonds. The summed E-state index contributed by atoms with van der Waals surface area (Å²) in [5.74, 6) is -4.92. The highest BCUT2D eigenvalue weighted by Crippen LogP contribution is 2.14. The van der Waals surface area contributed by atoms with Gasteiger partial charge in [-0.15, -0.1) is 0 Å². The van der Waals surface area contributed by atoms with Gasteiger partial charge in [-0.3, -0.25) is 28.8 Å². The Hall–Kier alpha value is -3.71. The van der Waals surface area contributed by atoms with Crippen LogP contribution in [-0.4, -0.2) is 77.7 Å². The summed E-state index contributed by atoms with van der Waals surface area (Å²) in [5.41, 5.74) is 2.54. The van der Waals surface area contributed by atoms with E-state index in [0.717, 1.165) is 0 Å². The fraction of sp³-hybridized carbons (Fsp3) is 0.750. The molecule has 0 saturated carbocycles. The normalized spacial score (nSPS) is 14.5. The Morgan fingerprint density at radius 3 is 1.81 bits per heavy atom. The van der Waals surface area contributed by atoms with Crippen molar-refractivity contribution >= 4 is 41.4 Å². The van der Waals surface area contributed by atoms with Crippen LogP contribution < -0.4 is 32.3 Å². The Kier molecular flexibility index (Phi) is 15.2. The zero-order chi connectivity index (χ0) is 33.0. The molecule has 0 saturated heterocycles. The summed E-state index contributed by atoms with van der Waals surface area (Å²) in [5, 5.41) is 13.0. The number of ether oxygens (including phenoxy) is 1. The SMILES string of the molecule is CC[C@H](C)[C@H](NC(=O)[C@H](CCC(N)=O)NC(=O)C(C)(C)NC(C)=O)C(=O)N[C@@H](CC(C)C)C(=O)NC(C)(C)C(=O)OC. The van der Waals surface area contributed by atoms with Crippen LogP contribution in [0.1, 0.15) is 88.0 Å². The number of hydrogen-bond donors (Lipinski definition) is 6. The van der Waals surface area contributed by atoms with Gasteiger partial charge in [-0.2, -0.15) is 0 Å². The topological polar surface area (TPSA) is 215 Å². The van der Waals surface area contributed by atoms with Gasteiger partial charge in [0, 0.05) is 13.3 Å². The molecule has 0 aromatic rings. The van der Waals surface area contributed by atoms with Crippen LogP contribution >= 0.6 is 0 Å². The lowest BCUT2D eigenvalue weighted by Gasteiger charge is -2.31. The fourth-order valence-corrected chi connectivity index (χ4v) is 4.01. The molecule has 14 nitrogen and oxygen atoms in total. The first-order chi connectivity index (χ1) is 19.2. The quantitative estimate of drug-likeness (QED) is 0.123. The number of rotatable bonds is 17. The van der Waals surface area contributed by atoms with Crippen LogP contribution in [0.3, 0.4) is 0 Å². The number of methoxy groups -OCH3 is 1. The lowest BCUT2D eigenvalue weighted by atomic mass is 9.95. The number of hydrogen-bond acceptors (Lipinski definition) is 8. The third kappa shape index (κ3) is 12.9. The molecule has 240 valence electrons. The van der Waals surface area contributed by atoms with E-state index < -0.39 is 76.5 Å². The molecular weight excluding hydrogens is 548 g/mol. The Bertz CT molecular complexity index is 1010. The van der Waals surface area contributed by atoms with E-state index in [1.54, 1.807) is 6.92 Å².